The van der Waals surface area contributed by atoms with Crippen LogP contribution < -0.4 is 16.2 Å². The molecular formula is C14H23N3O3S. The number of primary amides is 1. The number of amides is 1. The summed E-state index contributed by atoms with van der Waals surface area (Å²) in [6, 6.07) is 2.86. The fraction of sp³-hybridized carbons (Fsp3) is 0.500. The largest absolute Gasteiger partial charge is 0.398 e. The molecule has 0 bridgehead atoms. The van der Waals surface area contributed by atoms with E-state index in [-0.39, 0.29) is 11.3 Å². The number of benzene rings is 1. The van der Waals surface area contributed by atoms with Crippen molar-refractivity contribution >= 4 is 21.6 Å². The molecular weight excluding hydrogens is 290 g/mol. The molecule has 0 aliphatic carbocycles. The minimum absolute atomic E-state index is 0.0519. The van der Waals surface area contributed by atoms with Crippen molar-refractivity contribution in [1.29, 1.82) is 0 Å². The third-order valence-electron chi connectivity index (χ3n) is 3.22. The Morgan fingerprint density at radius 2 is 1.90 bits per heavy atom. The summed E-state index contributed by atoms with van der Waals surface area (Å²) in [5, 5.41) is 0. The zero-order chi connectivity index (χ0) is 16.2. The van der Waals surface area contributed by atoms with Gasteiger partial charge in [-0.3, -0.25) is 4.79 Å². The molecule has 1 rings (SSSR count). The van der Waals surface area contributed by atoms with Gasteiger partial charge >= 0.3 is 0 Å². The van der Waals surface area contributed by atoms with Gasteiger partial charge in [0.2, 0.25) is 15.9 Å². The summed E-state index contributed by atoms with van der Waals surface area (Å²) >= 11 is 0. The first kappa shape index (κ1) is 17.5. The molecule has 0 aliphatic rings. The molecule has 1 aromatic carbocycles. The summed E-state index contributed by atoms with van der Waals surface area (Å²) in [4.78, 5) is 11.1. The SMILES string of the molecule is CCc1cc(N)c(CC)c(S(=O)(=O)NC(C)CC(N)=O)c1. The van der Waals surface area contributed by atoms with E-state index in [4.69, 9.17) is 11.5 Å². The van der Waals surface area contributed by atoms with E-state index >= 15 is 0 Å². The third-order valence-corrected chi connectivity index (χ3v) is 4.87. The molecule has 0 radical (unpaired) electrons. The van der Waals surface area contributed by atoms with Crippen LogP contribution in [0.3, 0.4) is 0 Å². The van der Waals surface area contributed by atoms with E-state index in [0.717, 1.165) is 5.56 Å². The molecule has 21 heavy (non-hydrogen) atoms. The van der Waals surface area contributed by atoms with Crippen LogP contribution in [0.15, 0.2) is 17.0 Å². The Balaban J connectivity index is 3.23. The van der Waals surface area contributed by atoms with Gasteiger partial charge in [0.25, 0.3) is 0 Å². The molecule has 0 spiro atoms. The minimum atomic E-state index is -3.74. The van der Waals surface area contributed by atoms with Crippen molar-refractivity contribution in [2.24, 2.45) is 5.73 Å². The van der Waals surface area contributed by atoms with Gasteiger partial charge in [-0.1, -0.05) is 13.8 Å². The number of rotatable bonds is 7. The van der Waals surface area contributed by atoms with E-state index in [2.05, 4.69) is 4.72 Å². The van der Waals surface area contributed by atoms with Gasteiger partial charge in [-0.15, -0.1) is 0 Å². The molecule has 1 atom stereocenters. The van der Waals surface area contributed by atoms with Crippen molar-refractivity contribution in [2.45, 2.75) is 51.0 Å². The average molecular weight is 313 g/mol. The molecule has 1 unspecified atom stereocenters. The fourth-order valence-corrected chi connectivity index (χ4v) is 3.85. The molecule has 0 saturated heterocycles. The van der Waals surface area contributed by atoms with Gasteiger partial charge in [-0.2, -0.15) is 0 Å². The van der Waals surface area contributed by atoms with Crippen LogP contribution in [0.1, 0.15) is 38.3 Å². The van der Waals surface area contributed by atoms with Crippen LogP contribution in [0.25, 0.3) is 0 Å². The Morgan fingerprint density at radius 3 is 2.38 bits per heavy atom. The van der Waals surface area contributed by atoms with E-state index in [1.807, 2.05) is 13.8 Å². The quantitative estimate of drug-likeness (QED) is 0.649. The fourth-order valence-electron chi connectivity index (χ4n) is 2.22. The van der Waals surface area contributed by atoms with Crippen molar-refractivity contribution in [3.8, 4) is 0 Å². The molecule has 1 amide bonds. The maximum Gasteiger partial charge on any atom is 0.241 e. The lowest BCUT2D eigenvalue weighted by atomic mass is 10.1. The second kappa shape index (κ2) is 6.91. The van der Waals surface area contributed by atoms with E-state index in [1.54, 1.807) is 19.1 Å². The number of carbonyl (C=O) groups excluding carboxylic acids is 1. The highest BCUT2D eigenvalue weighted by molar-refractivity contribution is 7.89. The highest BCUT2D eigenvalue weighted by Gasteiger charge is 2.23. The Bertz CT molecular complexity index is 627. The second-order valence-corrected chi connectivity index (χ2v) is 6.74. The van der Waals surface area contributed by atoms with Crippen LogP contribution in [0.5, 0.6) is 0 Å². The van der Waals surface area contributed by atoms with E-state index in [1.165, 1.54) is 0 Å². The van der Waals surface area contributed by atoms with Gasteiger partial charge in [0, 0.05) is 18.2 Å². The van der Waals surface area contributed by atoms with Gasteiger partial charge in [0.1, 0.15) is 0 Å². The van der Waals surface area contributed by atoms with Gasteiger partial charge in [-0.25, -0.2) is 13.1 Å². The number of sulfonamides is 1. The van der Waals surface area contributed by atoms with Crippen LogP contribution >= 0.6 is 0 Å². The maximum atomic E-state index is 12.5. The van der Waals surface area contributed by atoms with Crippen LogP contribution in [0.2, 0.25) is 0 Å². The lowest BCUT2D eigenvalue weighted by Gasteiger charge is -2.17. The molecule has 5 N–H and O–H groups in total. The molecule has 118 valence electrons. The number of carbonyl (C=O) groups is 1. The topological polar surface area (TPSA) is 115 Å². The number of hydrogen-bond donors (Lipinski definition) is 3. The lowest BCUT2D eigenvalue weighted by Crippen LogP contribution is -2.36. The number of nitrogens with two attached hydrogens (primary N) is 2. The molecule has 1 aromatic rings. The average Bonchev–Trinajstić information content (AvgIpc) is 2.35. The molecule has 0 aliphatic heterocycles. The summed E-state index contributed by atoms with van der Waals surface area (Å²) in [5.41, 5.74) is 12.9. The summed E-state index contributed by atoms with van der Waals surface area (Å²) in [6.07, 6.45) is 1.15. The van der Waals surface area contributed by atoms with E-state index in [9.17, 15) is 13.2 Å². The van der Waals surface area contributed by atoms with E-state index in [0.29, 0.717) is 24.1 Å². The van der Waals surface area contributed by atoms with Crippen molar-refractivity contribution < 1.29 is 13.2 Å². The molecule has 0 fully saturated rings. The van der Waals surface area contributed by atoms with Gasteiger partial charge in [-0.05, 0) is 43.0 Å². The third kappa shape index (κ3) is 4.44. The second-order valence-electron chi connectivity index (χ2n) is 5.06. The summed E-state index contributed by atoms with van der Waals surface area (Å²) in [6.45, 7) is 5.38. The van der Waals surface area contributed by atoms with Gasteiger partial charge < -0.3 is 11.5 Å². The first-order valence-electron chi connectivity index (χ1n) is 6.93. The summed E-state index contributed by atoms with van der Waals surface area (Å²) in [7, 11) is -3.74. The summed E-state index contributed by atoms with van der Waals surface area (Å²) in [5.74, 6) is -0.553. The zero-order valence-corrected chi connectivity index (χ0v) is 13.5. The highest BCUT2D eigenvalue weighted by atomic mass is 32.2. The molecule has 7 heteroatoms. The number of anilines is 1. The van der Waals surface area contributed by atoms with Crippen molar-refractivity contribution in [1.82, 2.24) is 4.72 Å². The van der Waals surface area contributed by atoms with Crippen LogP contribution in [-0.2, 0) is 27.7 Å². The van der Waals surface area contributed by atoms with Crippen LogP contribution in [-0.4, -0.2) is 20.4 Å². The number of nitrogens with one attached hydrogen (secondary N) is 1. The predicted molar refractivity (Wildman–Crippen MR) is 83.2 cm³/mol. The lowest BCUT2D eigenvalue weighted by molar-refractivity contribution is -0.118. The highest BCUT2D eigenvalue weighted by Crippen LogP contribution is 2.25. The number of nitrogen functional groups attached to an aromatic ring is 1. The predicted octanol–water partition coefficient (Wildman–Crippen LogP) is 0.936. The maximum absolute atomic E-state index is 12.5. The first-order chi connectivity index (χ1) is 9.71. The smallest absolute Gasteiger partial charge is 0.241 e. The van der Waals surface area contributed by atoms with Crippen molar-refractivity contribution in [3.05, 3.63) is 23.3 Å². The zero-order valence-electron chi connectivity index (χ0n) is 12.6. The summed E-state index contributed by atoms with van der Waals surface area (Å²) < 4.78 is 27.5. The molecule has 6 nitrogen and oxygen atoms in total. The van der Waals surface area contributed by atoms with E-state index < -0.39 is 22.0 Å². The van der Waals surface area contributed by atoms with Crippen LogP contribution in [0.4, 0.5) is 5.69 Å². The molecule has 0 aromatic heterocycles. The molecule has 0 saturated carbocycles. The van der Waals surface area contributed by atoms with Gasteiger partial charge in [0.15, 0.2) is 0 Å². The van der Waals surface area contributed by atoms with Crippen molar-refractivity contribution in [2.75, 3.05) is 5.73 Å². The Morgan fingerprint density at radius 1 is 1.29 bits per heavy atom. The number of hydrogen-bond acceptors (Lipinski definition) is 4. The van der Waals surface area contributed by atoms with Crippen molar-refractivity contribution in [3.63, 3.8) is 0 Å². The normalized spacial score (nSPS) is 13.1. The van der Waals surface area contributed by atoms with Gasteiger partial charge in [0.05, 0.1) is 4.90 Å². The molecule has 0 heterocycles. The van der Waals surface area contributed by atoms with Crippen LogP contribution in [0, 0.1) is 0 Å². The first-order valence-corrected chi connectivity index (χ1v) is 8.41. The minimum Gasteiger partial charge on any atom is -0.398 e. The monoisotopic (exact) mass is 313 g/mol. The Kier molecular flexibility index (Phi) is 5.74. The number of aryl methyl sites for hydroxylation is 1. The Labute approximate surface area is 126 Å². The standard InChI is InChI=1S/C14H23N3O3S/c1-4-10-7-12(15)11(5-2)13(8-10)21(19,20)17-9(3)6-14(16)18/h7-9,17H,4-6,15H2,1-3H3,(H2,16,18). The Hall–Kier alpha value is -1.60.